The summed E-state index contributed by atoms with van der Waals surface area (Å²) in [5.41, 5.74) is 3.20. The second kappa shape index (κ2) is 7.18. The zero-order chi connectivity index (χ0) is 15.2. The molecular weight excluding hydrogens is 262 g/mol. The third-order valence-corrected chi connectivity index (χ3v) is 3.54. The molecule has 21 heavy (non-hydrogen) atoms. The molecule has 0 saturated heterocycles. The first-order chi connectivity index (χ1) is 10.1. The van der Waals surface area contributed by atoms with Crippen molar-refractivity contribution in [3.05, 3.63) is 53.5 Å². The summed E-state index contributed by atoms with van der Waals surface area (Å²) < 4.78 is 0. The summed E-state index contributed by atoms with van der Waals surface area (Å²) in [5, 5.41) is 9.40. The van der Waals surface area contributed by atoms with Gasteiger partial charge in [0.2, 0.25) is 0 Å². The van der Waals surface area contributed by atoms with Crippen molar-refractivity contribution in [2.75, 3.05) is 18.5 Å². The van der Waals surface area contributed by atoms with Gasteiger partial charge in [-0.1, -0.05) is 13.8 Å². The van der Waals surface area contributed by atoms with Crippen LogP contribution in [0, 0.1) is 0 Å². The van der Waals surface area contributed by atoms with Crippen LogP contribution in [0.4, 0.5) is 5.82 Å². The lowest BCUT2D eigenvalue weighted by molar-refractivity contribution is 0.281. The van der Waals surface area contributed by atoms with Crippen molar-refractivity contribution >= 4 is 5.82 Å². The van der Waals surface area contributed by atoms with Gasteiger partial charge in [0.05, 0.1) is 6.61 Å². The van der Waals surface area contributed by atoms with Gasteiger partial charge in [-0.05, 0) is 47.7 Å². The number of hydrogen-bond acceptors (Lipinski definition) is 4. The van der Waals surface area contributed by atoms with Gasteiger partial charge in [0, 0.05) is 31.7 Å². The first kappa shape index (κ1) is 15.4. The van der Waals surface area contributed by atoms with E-state index in [9.17, 15) is 5.11 Å². The lowest BCUT2D eigenvalue weighted by atomic mass is 10.1. The Kier molecular flexibility index (Phi) is 5.28. The number of aliphatic hydroxyl groups excluding tert-OH is 1. The number of rotatable bonds is 6. The highest BCUT2D eigenvalue weighted by Crippen LogP contribution is 2.20. The fourth-order valence-electron chi connectivity index (χ4n) is 2.14. The van der Waals surface area contributed by atoms with Gasteiger partial charge in [-0.15, -0.1) is 0 Å². The first-order valence-electron chi connectivity index (χ1n) is 7.32. The lowest BCUT2D eigenvalue weighted by Crippen LogP contribution is -2.22. The Balaban J connectivity index is 2.11. The van der Waals surface area contributed by atoms with E-state index in [1.807, 2.05) is 43.7 Å². The Labute approximate surface area is 126 Å². The Morgan fingerprint density at radius 1 is 1.14 bits per heavy atom. The normalized spacial score (nSPS) is 10.9. The van der Waals surface area contributed by atoms with E-state index >= 15 is 0 Å². The SMILES string of the molecule is CC(C)c1cc(CO)cc(N(C)CCc2ccncc2)n1. The molecule has 0 aliphatic carbocycles. The molecule has 0 spiro atoms. The third-order valence-electron chi connectivity index (χ3n) is 3.54. The molecule has 0 amide bonds. The number of hydrogen-bond donors (Lipinski definition) is 1. The fraction of sp³-hybridized carbons (Fsp3) is 0.412. The average Bonchev–Trinajstić information content (AvgIpc) is 2.53. The zero-order valence-electron chi connectivity index (χ0n) is 13.0. The van der Waals surface area contributed by atoms with Crippen LogP contribution in [0.5, 0.6) is 0 Å². The van der Waals surface area contributed by atoms with E-state index in [1.54, 1.807) is 0 Å². The summed E-state index contributed by atoms with van der Waals surface area (Å²) in [7, 11) is 2.04. The van der Waals surface area contributed by atoms with Crippen LogP contribution in [-0.2, 0) is 13.0 Å². The number of aromatic nitrogens is 2. The molecule has 0 aliphatic heterocycles. The van der Waals surface area contributed by atoms with Gasteiger partial charge in [0.25, 0.3) is 0 Å². The molecule has 0 saturated carbocycles. The van der Waals surface area contributed by atoms with Crippen molar-refractivity contribution in [1.29, 1.82) is 0 Å². The van der Waals surface area contributed by atoms with Gasteiger partial charge in [0.1, 0.15) is 5.82 Å². The van der Waals surface area contributed by atoms with Crippen molar-refractivity contribution in [2.45, 2.75) is 32.8 Å². The molecule has 2 heterocycles. The highest BCUT2D eigenvalue weighted by molar-refractivity contribution is 5.42. The van der Waals surface area contributed by atoms with Crippen LogP contribution >= 0.6 is 0 Å². The maximum atomic E-state index is 9.40. The monoisotopic (exact) mass is 285 g/mol. The van der Waals surface area contributed by atoms with Crippen LogP contribution in [-0.4, -0.2) is 28.7 Å². The molecule has 2 aromatic heterocycles. The quantitative estimate of drug-likeness (QED) is 0.886. The molecule has 0 radical (unpaired) electrons. The summed E-state index contributed by atoms with van der Waals surface area (Å²) in [4.78, 5) is 10.9. The molecule has 0 atom stereocenters. The molecule has 4 heteroatoms. The maximum absolute atomic E-state index is 9.40. The van der Waals surface area contributed by atoms with Crippen molar-refractivity contribution in [3.8, 4) is 0 Å². The Hall–Kier alpha value is -1.94. The standard InChI is InChI=1S/C17H23N3O/c1-13(2)16-10-15(12-21)11-17(19-16)20(3)9-6-14-4-7-18-8-5-14/h4-5,7-8,10-11,13,21H,6,9,12H2,1-3H3. The molecule has 1 N–H and O–H groups in total. The minimum atomic E-state index is 0.0490. The minimum absolute atomic E-state index is 0.0490. The molecule has 0 aliphatic rings. The highest BCUT2D eigenvalue weighted by atomic mass is 16.3. The molecule has 0 unspecified atom stereocenters. The van der Waals surface area contributed by atoms with Crippen molar-refractivity contribution in [1.82, 2.24) is 9.97 Å². The van der Waals surface area contributed by atoms with Gasteiger partial charge >= 0.3 is 0 Å². The van der Waals surface area contributed by atoms with Crippen LogP contribution in [0.1, 0.15) is 36.6 Å². The Morgan fingerprint density at radius 2 is 1.86 bits per heavy atom. The van der Waals surface area contributed by atoms with Crippen molar-refractivity contribution < 1.29 is 5.11 Å². The number of pyridine rings is 2. The fourth-order valence-corrected chi connectivity index (χ4v) is 2.14. The largest absolute Gasteiger partial charge is 0.392 e. The van der Waals surface area contributed by atoms with Gasteiger partial charge < -0.3 is 10.0 Å². The van der Waals surface area contributed by atoms with E-state index in [2.05, 4.69) is 23.7 Å². The van der Waals surface area contributed by atoms with E-state index in [4.69, 9.17) is 4.98 Å². The topological polar surface area (TPSA) is 49.2 Å². The van der Waals surface area contributed by atoms with Crippen LogP contribution in [0.25, 0.3) is 0 Å². The van der Waals surface area contributed by atoms with Gasteiger partial charge in [-0.3, -0.25) is 4.98 Å². The number of anilines is 1. The van der Waals surface area contributed by atoms with Gasteiger partial charge in [-0.2, -0.15) is 0 Å². The van der Waals surface area contributed by atoms with Crippen LogP contribution < -0.4 is 4.90 Å². The Bertz CT molecular complexity index is 570. The van der Waals surface area contributed by atoms with E-state index < -0.39 is 0 Å². The summed E-state index contributed by atoms with van der Waals surface area (Å²) in [6.07, 6.45) is 4.58. The molecule has 2 aromatic rings. The second-order valence-corrected chi connectivity index (χ2v) is 5.60. The van der Waals surface area contributed by atoms with Crippen molar-refractivity contribution in [2.24, 2.45) is 0 Å². The van der Waals surface area contributed by atoms with Gasteiger partial charge in [0.15, 0.2) is 0 Å². The molecule has 4 nitrogen and oxygen atoms in total. The van der Waals surface area contributed by atoms with Gasteiger partial charge in [-0.25, -0.2) is 4.98 Å². The summed E-state index contributed by atoms with van der Waals surface area (Å²) in [6.45, 7) is 5.16. The molecule has 0 fully saturated rings. The molecule has 0 aromatic carbocycles. The number of aliphatic hydroxyl groups is 1. The first-order valence-corrected chi connectivity index (χ1v) is 7.32. The predicted molar refractivity (Wildman–Crippen MR) is 85.5 cm³/mol. The smallest absolute Gasteiger partial charge is 0.128 e. The minimum Gasteiger partial charge on any atom is -0.392 e. The third kappa shape index (κ3) is 4.26. The van der Waals surface area contributed by atoms with Crippen LogP contribution in [0.15, 0.2) is 36.7 Å². The maximum Gasteiger partial charge on any atom is 0.128 e. The van der Waals surface area contributed by atoms with E-state index in [0.717, 1.165) is 30.0 Å². The Morgan fingerprint density at radius 3 is 2.48 bits per heavy atom. The molecule has 2 rings (SSSR count). The van der Waals surface area contributed by atoms with E-state index in [0.29, 0.717) is 5.92 Å². The summed E-state index contributed by atoms with van der Waals surface area (Å²) >= 11 is 0. The number of likely N-dealkylation sites (N-methyl/N-ethyl adjacent to an activating group) is 1. The van der Waals surface area contributed by atoms with E-state index in [-0.39, 0.29) is 6.61 Å². The van der Waals surface area contributed by atoms with E-state index in [1.165, 1.54) is 5.56 Å². The molecule has 0 bridgehead atoms. The van der Waals surface area contributed by atoms with Crippen LogP contribution in [0.2, 0.25) is 0 Å². The lowest BCUT2D eigenvalue weighted by Gasteiger charge is -2.20. The predicted octanol–water partition coefficient (Wildman–Crippen LogP) is 2.77. The zero-order valence-corrected chi connectivity index (χ0v) is 13.0. The number of nitrogens with zero attached hydrogens (tertiary/aromatic N) is 3. The van der Waals surface area contributed by atoms with Crippen molar-refractivity contribution in [3.63, 3.8) is 0 Å². The average molecular weight is 285 g/mol. The molecular formula is C17H23N3O. The van der Waals surface area contributed by atoms with Crippen LogP contribution in [0.3, 0.4) is 0 Å². The highest BCUT2D eigenvalue weighted by Gasteiger charge is 2.09. The second-order valence-electron chi connectivity index (χ2n) is 5.60. The summed E-state index contributed by atoms with van der Waals surface area (Å²) in [5.74, 6) is 1.27. The molecule has 112 valence electrons. The summed E-state index contributed by atoms with van der Waals surface area (Å²) in [6, 6.07) is 8.00.